The molecular weight excluding hydrogens is 439 g/mol. The first kappa shape index (κ1) is 22.7. The van der Waals surface area contributed by atoms with Gasteiger partial charge in [-0.3, -0.25) is 4.79 Å². The Hall–Kier alpha value is -3.07. The summed E-state index contributed by atoms with van der Waals surface area (Å²) in [6.45, 7) is 9.59. The van der Waals surface area contributed by atoms with Crippen molar-refractivity contribution in [2.24, 2.45) is 0 Å². The van der Waals surface area contributed by atoms with Gasteiger partial charge in [0.15, 0.2) is 11.6 Å². The lowest BCUT2D eigenvalue weighted by atomic mass is 9.99. The number of aromatic carboxylic acids is 1. The number of ether oxygens (including phenoxy) is 1. The van der Waals surface area contributed by atoms with Crippen molar-refractivity contribution in [3.63, 3.8) is 0 Å². The molecule has 8 nitrogen and oxygen atoms in total. The zero-order valence-corrected chi connectivity index (χ0v) is 19.8. The van der Waals surface area contributed by atoms with Gasteiger partial charge in [0.05, 0.1) is 29.4 Å². The van der Waals surface area contributed by atoms with Crippen LogP contribution < -0.4 is 25.7 Å². The smallest absolute Gasteiger partial charge is 0.341 e. The van der Waals surface area contributed by atoms with Crippen molar-refractivity contribution in [3.05, 3.63) is 33.9 Å². The summed E-state index contributed by atoms with van der Waals surface area (Å²) in [7, 11) is 1.48. The Kier molecular flexibility index (Phi) is 5.55. The fraction of sp³-hybridized carbons (Fsp3) is 0.520. The lowest BCUT2D eigenvalue weighted by Gasteiger charge is -2.36. The molecule has 0 amide bonds. The van der Waals surface area contributed by atoms with Crippen LogP contribution >= 0.6 is 0 Å². The van der Waals surface area contributed by atoms with Crippen molar-refractivity contribution >= 4 is 33.8 Å². The van der Waals surface area contributed by atoms with Gasteiger partial charge in [-0.1, -0.05) is 6.58 Å². The second-order valence-corrected chi connectivity index (χ2v) is 9.75. The van der Waals surface area contributed by atoms with Crippen LogP contribution in [0.5, 0.6) is 5.75 Å². The van der Waals surface area contributed by atoms with Gasteiger partial charge in [0.1, 0.15) is 11.3 Å². The van der Waals surface area contributed by atoms with Crippen molar-refractivity contribution in [2.75, 3.05) is 37.0 Å². The molecule has 0 spiro atoms. The number of hydrogen-bond acceptors (Lipinski definition) is 6. The fourth-order valence-electron chi connectivity index (χ4n) is 5.08. The van der Waals surface area contributed by atoms with E-state index in [1.165, 1.54) is 7.11 Å². The van der Waals surface area contributed by atoms with E-state index in [2.05, 4.69) is 17.2 Å². The predicted octanol–water partition coefficient (Wildman–Crippen LogP) is 3.59. The quantitative estimate of drug-likeness (QED) is 0.569. The first-order valence-corrected chi connectivity index (χ1v) is 11.9. The highest BCUT2D eigenvalue weighted by Gasteiger charge is 2.38. The summed E-state index contributed by atoms with van der Waals surface area (Å²) < 4.78 is 24.1. The highest BCUT2D eigenvalue weighted by molar-refractivity contribution is 6.06. The number of carboxylic acid groups (broad SMARTS) is 1. The number of carboxylic acids is 1. The maximum absolute atomic E-state index is 16.4. The minimum atomic E-state index is -1.34. The zero-order valence-electron chi connectivity index (χ0n) is 19.8. The number of anilines is 2. The van der Waals surface area contributed by atoms with Gasteiger partial charge in [-0.05, 0) is 45.1 Å². The van der Waals surface area contributed by atoms with E-state index >= 15 is 4.39 Å². The molecule has 9 heteroatoms. The van der Waals surface area contributed by atoms with Crippen LogP contribution in [0, 0.1) is 5.82 Å². The number of halogens is 1. The van der Waals surface area contributed by atoms with Gasteiger partial charge < -0.3 is 29.9 Å². The molecule has 2 heterocycles. The second-order valence-electron chi connectivity index (χ2n) is 9.75. The molecule has 3 N–H and O–H groups in total. The highest BCUT2D eigenvalue weighted by Crippen LogP contribution is 2.49. The van der Waals surface area contributed by atoms with E-state index in [1.807, 2.05) is 16.4 Å². The van der Waals surface area contributed by atoms with Crippen LogP contribution in [-0.4, -0.2) is 54.5 Å². The fourth-order valence-corrected chi connectivity index (χ4v) is 5.08. The van der Waals surface area contributed by atoms with E-state index in [0.29, 0.717) is 36.4 Å². The van der Waals surface area contributed by atoms with Crippen LogP contribution in [0.4, 0.5) is 15.8 Å². The van der Waals surface area contributed by atoms with E-state index in [4.69, 9.17) is 4.74 Å². The van der Waals surface area contributed by atoms with Crippen LogP contribution in [0.1, 0.15) is 61.6 Å². The number of rotatable bonds is 7. The monoisotopic (exact) mass is 470 g/mol. The molecule has 0 radical (unpaired) electrons. The Morgan fingerprint density at radius 3 is 2.53 bits per heavy atom. The largest absolute Gasteiger partial charge is 0.492 e. The van der Waals surface area contributed by atoms with E-state index < -0.39 is 17.2 Å². The van der Waals surface area contributed by atoms with Gasteiger partial charge in [-0.15, -0.1) is 0 Å². The summed E-state index contributed by atoms with van der Waals surface area (Å²) in [5, 5.41) is 16.7. The Bertz CT molecular complexity index is 1260. The third-order valence-electron chi connectivity index (χ3n) is 6.86. The van der Waals surface area contributed by atoms with Gasteiger partial charge in [-0.25, -0.2) is 9.18 Å². The number of nitrogens with one attached hydrogen (secondary N) is 2. The Morgan fingerprint density at radius 1 is 1.29 bits per heavy atom. The van der Waals surface area contributed by atoms with Crippen LogP contribution in [0.3, 0.4) is 0 Å². The van der Waals surface area contributed by atoms with Crippen molar-refractivity contribution in [1.29, 1.82) is 0 Å². The Morgan fingerprint density at radius 2 is 2.00 bits per heavy atom. The van der Waals surface area contributed by atoms with Crippen molar-refractivity contribution in [1.82, 2.24) is 9.88 Å². The summed E-state index contributed by atoms with van der Waals surface area (Å²) in [6.07, 6.45) is 3.42. The number of carbonyl (C=O) groups is 1. The Balaban J connectivity index is 1.96. The molecule has 5 rings (SSSR count). The lowest BCUT2D eigenvalue weighted by molar-refractivity contribution is 0.0694. The molecule has 2 aromatic rings. The van der Waals surface area contributed by atoms with Crippen LogP contribution in [0.25, 0.3) is 16.5 Å². The molecule has 2 saturated carbocycles. The van der Waals surface area contributed by atoms with Gasteiger partial charge >= 0.3 is 5.97 Å². The number of aromatic nitrogens is 1. The minimum absolute atomic E-state index is 0.00386. The number of methoxy groups -OCH3 is 1. The topological polar surface area (TPSA) is 95.8 Å². The molecule has 3 aliphatic rings. The number of hydrogen-bond donors (Lipinski definition) is 3. The summed E-state index contributed by atoms with van der Waals surface area (Å²) in [5.74, 6) is -1.63. The number of fused-ring (bicyclic) bond motifs is 1. The normalized spacial score (nSPS) is 20.5. The van der Waals surface area contributed by atoms with Gasteiger partial charge in [0, 0.05) is 37.8 Å². The predicted molar refractivity (Wildman–Crippen MR) is 131 cm³/mol. The van der Waals surface area contributed by atoms with Crippen molar-refractivity contribution in [3.8, 4) is 5.75 Å². The third kappa shape index (κ3) is 3.62. The average Bonchev–Trinajstić information content (AvgIpc) is 3.69. The van der Waals surface area contributed by atoms with Crippen LogP contribution in [0.15, 0.2) is 11.4 Å². The summed E-state index contributed by atoms with van der Waals surface area (Å²) in [6, 6.07) is 0.207. The van der Waals surface area contributed by atoms with Crippen LogP contribution in [0.2, 0.25) is 0 Å². The lowest BCUT2D eigenvalue weighted by Crippen LogP contribution is -2.49. The maximum atomic E-state index is 16.4. The third-order valence-corrected chi connectivity index (χ3v) is 6.86. The average molecular weight is 471 g/mol. The minimum Gasteiger partial charge on any atom is -0.492 e. The molecule has 34 heavy (non-hydrogen) atoms. The first-order chi connectivity index (χ1) is 16.2. The standard InChI is InChI=1S/C25H31FN4O4/c1-12(2)20-17(25(32)33)23(31)16-19(28-14-5-6-14)18(26)22(29-10-9-27-13(3)11-29)24(34-4)21(16)30(20)15-7-8-15/h13-15,27-28H,1,5-11H2,2-4H3,(H,32,33). The molecule has 182 valence electrons. The molecule has 1 aliphatic heterocycles. The van der Waals surface area contributed by atoms with Crippen molar-refractivity contribution in [2.45, 2.75) is 57.7 Å². The number of piperazine rings is 1. The molecule has 1 unspecified atom stereocenters. The number of pyridine rings is 1. The molecule has 1 atom stereocenters. The molecule has 2 aliphatic carbocycles. The van der Waals surface area contributed by atoms with Gasteiger partial charge in [0.2, 0.25) is 5.43 Å². The molecule has 0 bridgehead atoms. The molecule has 1 aromatic carbocycles. The number of nitrogens with zero attached hydrogens (tertiary/aromatic N) is 2. The SMILES string of the molecule is C=C(C)c1c(C(=O)O)c(=O)c2c(NC3CC3)c(F)c(N3CCNC(C)C3)c(OC)c2n1C1CC1. The second kappa shape index (κ2) is 8.30. The van der Waals surface area contributed by atoms with Gasteiger partial charge in [0.25, 0.3) is 0 Å². The van der Waals surface area contributed by atoms with Crippen molar-refractivity contribution < 1.29 is 19.0 Å². The molecular formula is C25H31FN4O4. The van der Waals surface area contributed by atoms with E-state index in [1.54, 1.807) is 6.92 Å². The van der Waals surface area contributed by atoms with E-state index in [9.17, 15) is 14.7 Å². The maximum Gasteiger partial charge on any atom is 0.341 e. The summed E-state index contributed by atoms with van der Waals surface area (Å²) in [4.78, 5) is 28.0. The summed E-state index contributed by atoms with van der Waals surface area (Å²) in [5.41, 5.74) is 0.529. The summed E-state index contributed by atoms with van der Waals surface area (Å²) >= 11 is 0. The van der Waals surface area contributed by atoms with Gasteiger partial charge in [-0.2, -0.15) is 0 Å². The molecule has 3 fully saturated rings. The Labute approximate surface area is 197 Å². The van der Waals surface area contributed by atoms with Crippen LogP contribution in [-0.2, 0) is 0 Å². The number of benzene rings is 1. The molecule has 1 saturated heterocycles. The first-order valence-electron chi connectivity index (χ1n) is 11.9. The van der Waals surface area contributed by atoms with E-state index in [-0.39, 0.29) is 46.2 Å². The molecule has 1 aromatic heterocycles. The van der Waals surface area contributed by atoms with E-state index in [0.717, 1.165) is 25.7 Å². The highest BCUT2D eigenvalue weighted by atomic mass is 19.1. The zero-order chi connectivity index (χ0) is 24.3. The number of allylic oxidation sites excluding steroid dienone is 1.